The molecule has 2 heterocycles. The van der Waals surface area contributed by atoms with Gasteiger partial charge in [0, 0.05) is 42.2 Å². The summed E-state index contributed by atoms with van der Waals surface area (Å²) in [5, 5.41) is 0. The summed E-state index contributed by atoms with van der Waals surface area (Å²) in [6.07, 6.45) is -1.94. The van der Waals surface area contributed by atoms with Gasteiger partial charge in [0.25, 0.3) is 0 Å². The zero-order valence-corrected chi connectivity index (χ0v) is 20.6. The Hall–Kier alpha value is -2.84. The molecule has 4 rings (SSSR count). The van der Waals surface area contributed by atoms with Crippen molar-refractivity contribution in [2.75, 3.05) is 37.6 Å². The van der Waals surface area contributed by atoms with Gasteiger partial charge >= 0.3 is 6.18 Å². The minimum atomic E-state index is -4.48. The third kappa shape index (κ3) is 6.05. The SMILES string of the molecule is CC(C)c1ccccc1Sc1ccc(-c2ccnc(N3CCN(CC=O)CC3)c2)cc1C(F)(F)F. The number of halogens is 3. The molecular weight excluding hydrogens is 471 g/mol. The van der Waals surface area contributed by atoms with E-state index in [1.54, 1.807) is 24.4 Å². The Balaban J connectivity index is 1.62. The third-order valence-corrected chi connectivity index (χ3v) is 7.32. The van der Waals surface area contributed by atoms with Gasteiger partial charge in [-0.1, -0.05) is 49.9 Å². The monoisotopic (exact) mass is 499 g/mol. The molecule has 0 saturated carbocycles. The van der Waals surface area contributed by atoms with Crippen molar-refractivity contribution in [3.63, 3.8) is 0 Å². The average Bonchev–Trinajstić information content (AvgIpc) is 2.84. The summed E-state index contributed by atoms with van der Waals surface area (Å²) in [7, 11) is 0. The predicted octanol–water partition coefficient (Wildman–Crippen LogP) is 6.36. The second-order valence-corrected chi connectivity index (χ2v) is 9.94. The van der Waals surface area contributed by atoms with Crippen molar-refractivity contribution in [2.45, 2.75) is 35.7 Å². The highest BCUT2D eigenvalue weighted by molar-refractivity contribution is 7.99. The molecule has 0 atom stereocenters. The standard InChI is InChI=1S/C27H28F3N3OS/c1-19(2)22-5-3-4-6-24(22)35-25-8-7-20(17-23(25)27(28,29)30)21-9-10-31-26(18-21)33-13-11-32(12-14-33)15-16-34/h3-10,16-19H,11-15H2,1-2H3. The van der Waals surface area contributed by atoms with E-state index >= 15 is 0 Å². The molecule has 4 nitrogen and oxygen atoms in total. The Kier molecular flexibility index (Phi) is 7.82. The molecule has 0 N–H and O–H groups in total. The summed E-state index contributed by atoms with van der Waals surface area (Å²) in [6, 6.07) is 15.7. The molecule has 184 valence electrons. The number of benzene rings is 2. The lowest BCUT2D eigenvalue weighted by Crippen LogP contribution is -2.47. The summed E-state index contributed by atoms with van der Waals surface area (Å²) in [6.45, 7) is 7.39. The van der Waals surface area contributed by atoms with E-state index in [0.717, 1.165) is 47.4 Å². The van der Waals surface area contributed by atoms with Crippen LogP contribution in [0.25, 0.3) is 11.1 Å². The lowest BCUT2D eigenvalue weighted by atomic mass is 10.0. The number of anilines is 1. The predicted molar refractivity (Wildman–Crippen MR) is 134 cm³/mol. The van der Waals surface area contributed by atoms with Gasteiger partial charge in [0.05, 0.1) is 12.1 Å². The number of hydrogen-bond acceptors (Lipinski definition) is 5. The highest BCUT2D eigenvalue weighted by Gasteiger charge is 2.34. The molecule has 35 heavy (non-hydrogen) atoms. The maximum atomic E-state index is 14.1. The van der Waals surface area contributed by atoms with E-state index in [2.05, 4.69) is 14.8 Å². The van der Waals surface area contributed by atoms with E-state index in [4.69, 9.17) is 0 Å². The van der Waals surface area contributed by atoms with Crippen LogP contribution >= 0.6 is 11.8 Å². The number of alkyl halides is 3. The van der Waals surface area contributed by atoms with Gasteiger partial charge in [-0.15, -0.1) is 0 Å². The molecule has 1 aliphatic rings. The number of nitrogens with zero attached hydrogens (tertiary/aromatic N) is 3. The summed E-state index contributed by atoms with van der Waals surface area (Å²) < 4.78 is 42.3. The fourth-order valence-corrected chi connectivity index (χ4v) is 5.45. The van der Waals surface area contributed by atoms with E-state index in [1.165, 1.54) is 6.07 Å². The Morgan fingerprint density at radius 2 is 1.69 bits per heavy atom. The molecule has 1 fully saturated rings. The number of rotatable bonds is 7. The number of hydrogen-bond donors (Lipinski definition) is 0. The Bertz CT molecular complexity index is 1170. The van der Waals surface area contributed by atoms with Crippen LogP contribution in [-0.2, 0) is 11.0 Å². The first-order valence-electron chi connectivity index (χ1n) is 11.6. The number of carbonyl (C=O) groups is 1. The maximum absolute atomic E-state index is 14.1. The zero-order chi connectivity index (χ0) is 25.0. The molecule has 0 amide bonds. The van der Waals surface area contributed by atoms with Gasteiger partial charge in [0.1, 0.15) is 12.1 Å². The van der Waals surface area contributed by atoms with Gasteiger partial charge in [-0.2, -0.15) is 13.2 Å². The quantitative estimate of drug-likeness (QED) is 0.354. The van der Waals surface area contributed by atoms with Gasteiger partial charge in [0.2, 0.25) is 0 Å². The van der Waals surface area contributed by atoms with Crippen molar-refractivity contribution in [1.82, 2.24) is 9.88 Å². The van der Waals surface area contributed by atoms with Crippen molar-refractivity contribution >= 4 is 23.9 Å². The van der Waals surface area contributed by atoms with Gasteiger partial charge in [0.15, 0.2) is 0 Å². The van der Waals surface area contributed by atoms with E-state index in [1.807, 2.05) is 44.2 Å². The molecule has 0 spiro atoms. The molecule has 1 aliphatic heterocycles. The average molecular weight is 500 g/mol. The molecule has 0 unspecified atom stereocenters. The Morgan fingerprint density at radius 3 is 2.37 bits per heavy atom. The Labute approximate surface area is 208 Å². The lowest BCUT2D eigenvalue weighted by Gasteiger charge is -2.34. The molecule has 3 aromatic rings. The number of aromatic nitrogens is 1. The van der Waals surface area contributed by atoms with Crippen molar-refractivity contribution in [3.05, 3.63) is 71.9 Å². The lowest BCUT2D eigenvalue weighted by molar-refractivity contribution is -0.139. The normalized spacial score (nSPS) is 15.0. The number of pyridine rings is 1. The second kappa shape index (κ2) is 10.8. The highest BCUT2D eigenvalue weighted by Crippen LogP contribution is 2.43. The van der Waals surface area contributed by atoms with E-state index in [-0.39, 0.29) is 10.8 Å². The van der Waals surface area contributed by atoms with Crippen LogP contribution in [0.15, 0.2) is 70.6 Å². The molecule has 2 aromatic carbocycles. The van der Waals surface area contributed by atoms with Gasteiger partial charge in [-0.25, -0.2) is 4.98 Å². The fraction of sp³-hybridized carbons (Fsp3) is 0.333. The molecule has 1 saturated heterocycles. The topological polar surface area (TPSA) is 36.4 Å². The first-order valence-corrected chi connectivity index (χ1v) is 12.4. The summed E-state index contributed by atoms with van der Waals surface area (Å²) >= 11 is 1.16. The van der Waals surface area contributed by atoms with Crippen LogP contribution in [0.1, 0.15) is 30.9 Å². The van der Waals surface area contributed by atoms with Crippen LogP contribution in [0.2, 0.25) is 0 Å². The van der Waals surface area contributed by atoms with Crippen LogP contribution in [0.3, 0.4) is 0 Å². The minimum absolute atomic E-state index is 0.190. The van der Waals surface area contributed by atoms with Crippen LogP contribution in [0.5, 0.6) is 0 Å². The minimum Gasteiger partial charge on any atom is -0.354 e. The van der Waals surface area contributed by atoms with Crippen LogP contribution < -0.4 is 4.90 Å². The van der Waals surface area contributed by atoms with Crippen LogP contribution in [0.4, 0.5) is 19.0 Å². The molecule has 1 aromatic heterocycles. The smallest absolute Gasteiger partial charge is 0.354 e. The molecule has 8 heteroatoms. The van der Waals surface area contributed by atoms with Crippen molar-refractivity contribution < 1.29 is 18.0 Å². The van der Waals surface area contributed by atoms with Gasteiger partial charge in [-0.05, 0) is 52.9 Å². The van der Waals surface area contributed by atoms with Crippen molar-refractivity contribution in [2.24, 2.45) is 0 Å². The van der Waals surface area contributed by atoms with Gasteiger partial charge < -0.3 is 9.69 Å². The van der Waals surface area contributed by atoms with E-state index < -0.39 is 11.7 Å². The fourth-order valence-electron chi connectivity index (χ4n) is 4.22. The molecule has 0 bridgehead atoms. The van der Waals surface area contributed by atoms with E-state index in [9.17, 15) is 18.0 Å². The summed E-state index contributed by atoms with van der Waals surface area (Å²) in [5.74, 6) is 0.939. The zero-order valence-electron chi connectivity index (χ0n) is 19.8. The van der Waals surface area contributed by atoms with Crippen molar-refractivity contribution in [1.29, 1.82) is 0 Å². The van der Waals surface area contributed by atoms with Crippen LogP contribution in [0, 0.1) is 0 Å². The largest absolute Gasteiger partial charge is 0.417 e. The maximum Gasteiger partial charge on any atom is 0.417 e. The number of piperazine rings is 1. The van der Waals surface area contributed by atoms with E-state index in [0.29, 0.717) is 30.8 Å². The van der Waals surface area contributed by atoms with Gasteiger partial charge in [-0.3, -0.25) is 4.90 Å². The second-order valence-electron chi connectivity index (χ2n) is 8.86. The molecular formula is C27H28F3N3OS. The van der Waals surface area contributed by atoms with Crippen LogP contribution in [-0.4, -0.2) is 48.9 Å². The first-order chi connectivity index (χ1) is 16.8. The molecule has 0 radical (unpaired) electrons. The number of carbonyl (C=O) groups excluding carboxylic acids is 1. The first kappa shape index (κ1) is 25.3. The Morgan fingerprint density at radius 1 is 0.971 bits per heavy atom. The summed E-state index contributed by atoms with van der Waals surface area (Å²) in [5.41, 5.74) is 1.58. The highest BCUT2D eigenvalue weighted by atomic mass is 32.2. The number of aldehydes is 1. The van der Waals surface area contributed by atoms with Crippen molar-refractivity contribution in [3.8, 4) is 11.1 Å². The molecule has 0 aliphatic carbocycles. The third-order valence-electron chi connectivity index (χ3n) is 6.15. The summed E-state index contributed by atoms with van der Waals surface area (Å²) in [4.78, 5) is 20.4.